The lowest BCUT2D eigenvalue weighted by Gasteiger charge is -2.19. The Morgan fingerprint density at radius 3 is 2.70 bits per heavy atom. The molecule has 2 heterocycles. The molecule has 6 nitrogen and oxygen atoms in total. The van der Waals surface area contributed by atoms with Gasteiger partial charge in [-0.1, -0.05) is 17.7 Å². The zero-order chi connectivity index (χ0) is 19.4. The molecule has 0 amide bonds. The highest BCUT2D eigenvalue weighted by Gasteiger charge is 2.11. The second-order valence-electron chi connectivity index (χ2n) is 6.05. The molecule has 0 saturated carbocycles. The molecule has 2 aromatic heterocycles. The molecule has 142 valence electrons. The molecular weight excluding hydrogens is 387 g/mol. The number of thiocarbonyl (C=S) groups is 1. The van der Waals surface area contributed by atoms with Crippen molar-refractivity contribution in [3.05, 3.63) is 64.8 Å². The molecule has 9 heteroatoms. The number of aryl methyl sites for hydroxylation is 1. The van der Waals surface area contributed by atoms with E-state index in [-0.39, 0.29) is 12.4 Å². The first kappa shape index (κ1) is 19.3. The number of hydrogen-bond acceptors (Lipinski definition) is 3. The van der Waals surface area contributed by atoms with Crippen LogP contribution in [-0.4, -0.2) is 36.6 Å². The molecule has 3 rings (SSSR count). The lowest BCUT2D eigenvalue weighted by Crippen LogP contribution is -2.31. The first-order chi connectivity index (χ1) is 13.0. The number of nitrogens with one attached hydrogen (secondary N) is 1. The van der Waals surface area contributed by atoms with Gasteiger partial charge in [-0.15, -0.1) is 0 Å². The van der Waals surface area contributed by atoms with E-state index in [4.69, 9.17) is 23.8 Å². The summed E-state index contributed by atoms with van der Waals surface area (Å²) in [5, 5.41) is 12.8. The number of rotatable bonds is 6. The molecule has 0 atom stereocenters. The zero-order valence-electron chi connectivity index (χ0n) is 15.1. The van der Waals surface area contributed by atoms with E-state index in [1.54, 1.807) is 29.1 Å². The molecule has 0 fully saturated rings. The SMILES string of the molecule is CCn1ccc(CN(C)C(=S)Nc2ccn(Cc3c(F)cccc3Cl)n2)n1. The highest BCUT2D eigenvalue weighted by atomic mass is 35.5. The fraction of sp³-hybridized carbons (Fsp3) is 0.278. The summed E-state index contributed by atoms with van der Waals surface area (Å²) in [5.74, 6) is 0.229. The fourth-order valence-electron chi connectivity index (χ4n) is 2.55. The molecule has 27 heavy (non-hydrogen) atoms. The smallest absolute Gasteiger partial charge is 0.174 e. The van der Waals surface area contributed by atoms with E-state index >= 15 is 0 Å². The van der Waals surface area contributed by atoms with Crippen molar-refractivity contribution in [2.24, 2.45) is 0 Å². The van der Waals surface area contributed by atoms with E-state index in [0.29, 0.717) is 28.1 Å². The fourth-order valence-corrected chi connectivity index (χ4v) is 2.94. The summed E-state index contributed by atoms with van der Waals surface area (Å²) in [6, 6.07) is 8.37. The van der Waals surface area contributed by atoms with Gasteiger partial charge < -0.3 is 10.2 Å². The number of hydrogen-bond donors (Lipinski definition) is 1. The van der Waals surface area contributed by atoms with E-state index in [9.17, 15) is 4.39 Å². The van der Waals surface area contributed by atoms with Crippen molar-refractivity contribution in [3.63, 3.8) is 0 Å². The van der Waals surface area contributed by atoms with Crippen molar-refractivity contribution < 1.29 is 4.39 Å². The molecule has 1 aromatic carbocycles. The van der Waals surface area contributed by atoms with Crippen LogP contribution in [0.5, 0.6) is 0 Å². The predicted molar refractivity (Wildman–Crippen MR) is 108 cm³/mol. The lowest BCUT2D eigenvalue weighted by molar-refractivity contribution is 0.491. The topological polar surface area (TPSA) is 50.9 Å². The van der Waals surface area contributed by atoms with Crippen LogP contribution in [0.4, 0.5) is 10.2 Å². The van der Waals surface area contributed by atoms with Crippen LogP contribution < -0.4 is 5.32 Å². The monoisotopic (exact) mass is 406 g/mol. The van der Waals surface area contributed by atoms with Gasteiger partial charge in [-0.25, -0.2) is 4.39 Å². The molecule has 0 unspecified atom stereocenters. The third-order valence-electron chi connectivity index (χ3n) is 4.02. The number of anilines is 1. The molecular formula is C18H20ClFN6S. The van der Waals surface area contributed by atoms with Crippen LogP contribution in [0.2, 0.25) is 5.02 Å². The Morgan fingerprint density at radius 2 is 2.00 bits per heavy atom. The van der Waals surface area contributed by atoms with Crippen LogP contribution in [0.15, 0.2) is 42.7 Å². The van der Waals surface area contributed by atoms with Crippen molar-refractivity contribution >= 4 is 34.7 Å². The Bertz CT molecular complexity index is 917. The Balaban J connectivity index is 1.60. The van der Waals surface area contributed by atoms with Gasteiger partial charge in [0.05, 0.1) is 18.8 Å². The van der Waals surface area contributed by atoms with Gasteiger partial charge in [0.1, 0.15) is 5.82 Å². The summed E-state index contributed by atoms with van der Waals surface area (Å²) >= 11 is 11.5. The van der Waals surface area contributed by atoms with Crippen LogP contribution in [0.1, 0.15) is 18.2 Å². The van der Waals surface area contributed by atoms with E-state index in [0.717, 1.165) is 12.2 Å². The molecule has 0 radical (unpaired) electrons. The summed E-state index contributed by atoms with van der Waals surface area (Å²) in [4.78, 5) is 1.88. The second kappa shape index (κ2) is 8.49. The maximum absolute atomic E-state index is 13.9. The maximum Gasteiger partial charge on any atom is 0.174 e. The lowest BCUT2D eigenvalue weighted by atomic mass is 10.2. The number of halogens is 2. The summed E-state index contributed by atoms with van der Waals surface area (Å²) < 4.78 is 17.4. The second-order valence-corrected chi connectivity index (χ2v) is 6.84. The van der Waals surface area contributed by atoms with Crippen molar-refractivity contribution in [1.82, 2.24) is 24.5 Å². The van der Waals surface area contributed by atoms with Gasteiger partial charge in [0, 0.05) is 42.6 Å². The molecule has 1 N–H and O–H groups in total. The Kier molecular flexibility index (Phi) is 6.08. The average molecular weight is 407 g/mol. The standard InChI is InChI=1S/C18H20ClFN6S/c1-3-25-9-7-13(22-25)11-24(2)18(27)21-17-8-10-26(23-17)12-14-15(19)5-4-6-16(14)20/h4-10H,3,11-12H2,1-2H3,(H,21,23,27). The first-order valence-corrected chi connectivity index (χ1v) is 9.25. The van der Waals surface area contributed by atoms with Crippen LogP contribution in [0.25, 0.3) is 0 Å². The maximum atomic E-state index is 13.9. The molecule has 0 saturated heterocycles. The quantitative estimate of drug-likeness (QED) is 0.631. The van der Waals surface area contributed by atoms with Crippen LogP contribution in [0, 0.1) is 5.82 Å². The van der Waals surface area contributed by atoms with Gasteiger partial charge in [0.25, 0.3) is 0 Å². The summed E-state index contributed by atoms with van der Waals surface area (Å²) in [5.41, 5.74) is 1.34. The van der Waals surface area contributed by atoms with E-state index in [1.165, 1.54) is 6.07 Å². The molecule has 0 aliphatic carbocycles. The summed E-state index contributed by atoms with van der Waals surface area (Å²) in [7, 11) is 1.89. The molecule has 0 aliphatic rings. The van der Waals surface area contributed by atoms with Crippen LogP contribution >= 0.6 is 23.8 Å². The minimum Gasteiger partial charge on any atom is -0.346 e. The van der Waals surface area contributed by atoms with Gasteiger partial charge in [0.2, 0.25) is 0 Å². The number of nitrogens with zero attached hydrogens (tertiary/aromatic N) is 5. The predicted octanol–water partition coefficient (Wildman–Crippen LogP) is 3.77. The van der Waals surface area contributed by atoms with Crippen molar-refractivity contribution in [2.45, 2.75) is 26.6 Å². The van der Waals surface area contributed by atoms with Gasteiger partial charge in [-0.3, -0.25) is 9.36 Å². The van der Waals surface area contributed by atoms with Gasteiger partial charge >= 0.3 is 0 Å². The number of benzene rings is 1. The number of aromatic nitrogens is 4. The zero-order valence-corrected chi connectivity index (χ0v) is 16.6. The van der Waals surface area contributed by atoms with Gasteiger partial charge in [-0.2, -0.15) is 10.2 Å². The van der Waals surface area contributed by atoms with Crippen molar-refractivity contribution in [2.75, 3.05) is 12.4 Å². The highest BCUT2D eigenvalue weighted by molar-refractivity contribution is 7.80. The highest BCUT2D eigenvalue weighted by Crippen LogP contribution is 2.20. The molecule has 3 aromatic rings. The minimum absolute atomic E-state index is 0.240. The summed E-state index contributed by atoms with van der Waals surface area (Å²) in [6.07, 6.45) is 3.69. The van der Waals surface area contributed by atoms with Gasteiger partial charge in [0.15, 0.2) is 10.9 Å². The third kappa shape index (κ3) is 4.84. The Labute approximate surface area is 167 Å². The first-order valence-electron chi connectivity index (χ1n) is 8.47. The Hall–Kier alpha value is -2.45. The average Bonchev–Trinajstić information content (AvgIpc) is 3.27. The van der Waals surface area contributed by atoms with Gasteiger partial charge in [-0.05, 0) is 37.3 Å². The van der Waals surface area contributed by atoms with E-state index in [1.807, 2.05) is 35.8 Å². The van der Waals surface area contributed by atoms with Crippen molar-refractivity contribution in [3.8, 4) is 0 Å². The minimum atomic E-state index is -0.353. The van der Waals surface area contributed by atoms with Crippen LogP contribution in [0.3, 0.4) is 0 Å². The largest absolute Gasteiger partial charge is 0.346 e. The third-order valence-corrected chi connectivity index (χ3v) is 4.79. The van der Waals surface area contributed by atoms with E-state index in [2.05, 4.69) is 15.5 Å². The van der Waals surface area contributed by atoms with E-state index < -0.39 is 0 Å². The molecule has 0 aliphatic heterocycles. The molecule has 0 spiro atoms. The molecule has 0 bridgehead atoms. The normalized spacial score (nSPS) is 10.8. The van der Waals surface area contributed by atoms with Crippen LogP contribution in [-0.2, 0) is 19.6 Å². The van der Waals surface area contributed by atoms with Crippen molar-refractivity contribution in [1.29, 1.82) is 0 Å². The summed E-state index contributed by atoms with van der Waals surface area (Å²) in [6.45, 7) is 3.70. The Morgan fingerprint density at radius 1 is 1.22 bits per heavy atom.